The third-order valence-electron chi connectivity index (χ3n) is 3.05. The van der Waals surface area contributed by atoms with Crippen molar-refractivity contribution >= 4 is 33.3 Å². The molecule has 20 heavy (non-hydrogen) atoms. The van der Waals surface area contributed by atoms with Crippen LogP contribution in [-0.4, -0.2) is 18.3 Å². The van der Waals surface area contributed by atoms with E-state index in [1.165, 1.54) is 6.26 Å². The lowest BCUT2D eigenvalue weighted by Crippen LogP contribution is -2.25. The summed E-state index contributed by atoms with van der Waals surface area (Å²) in [5.74, 6) is 0.673. The molecular formula is C14H10BrNO4. The normalized spacial score (nSPS) is 13.4. The van der Waals surface area contributed by atoms with Crippen molar-refractivity contribution in [2.45, 2.75) is 6.92 Å². The van der Waals surface area contributed by atoms with Crippen molar-refractivity contribution in [1.29, 1.82) is 0 Å². The first-order valence-electron chi connectivity index (χ1n) is 5.91. The molecule has 1 aromatic heterocycles. The number of furan rings is 1. The van der Waals surface area contributed by atoms with Gasteiger partial charge in [0.05, 0.1) is 17.5 Å². The average molecular weight is 336 g/mol. The topological polar surface area (TPSA) is 68.5 Å². The minimum Gasteiger partial charge on any atom is -0.482 e. The monoisotopic (exact) mass is 335 g/mol. The van der Waals surface area contributed by atoms with Gasteiger partial charge in [-0.2, -0.15) is 0 Å². The van der Waals surface area contributed by atoms with E-state index in [4.69, 9.17) is 9.15 Å². The van der Waals surface area contributed by atoms with Gasteiger partial charge >= 0.3 is 0 Å². The first-order chi connectivity index (χ1) is 9.56. The highest BCUT2D eigenvalue weighted by atomic mass is 79.9. The second-order valence-corrected chi connectivity index (χ2v) is 5.24. The van der Waals surface area contributed by atoms with Gasteiger partial charge in [-0.05, 0) is 41.1 Å². The molecule has 0 bridgehead atoms. The maximum atomic E-state index is 12.5. The van der Waals surface area contributed by atoms with E-state index in [2.05, 4.69) is 21.2 Å². The Morgan fingerprint density at radius 1 is 1.35 bits per heavy atom. The van der Waals surface area contributed by atoms with Crippen LogP contribution in [-0.2, 0) is 4.79 Å². The number of rotatable bonds is 2. The van der Waals surface area contributed by atoms with Crippen LogP contribution in [0.2, 0.25) is 0 Å². The zero-order valence-corrected chi connectivity index (χ0v) is 12.1. The Balaban J connectivity index is 2.05. The smallest absolute Gasteiger partial charge is 0.262 e. The Kier molecular flexibility index (Phi) is 3.10. The second kappa shape index (κ2) is 4.79. The molecule has 0 spiro atoms. The summed E-state index contributed by atoms with van der Waals surface area (Å²) in [5.41, 5.74) is 1.52. The number of aryl methyl sites for hydroxylation is 1. The molecule has 0 fully saturated rings. The van der Waals surface area contributed by atoms with Crippen LogP contribution in [0.1, 0.15) is 21.7 Å². The lowest BCUT2D eigenvalue weighted by molar-refractivity contribution is -0.118. The summed E-state index contributed by atoms with van der Waals surface area (Å²) in [5, 5.41) is 2.69. The van der Waals surface area contributed by atoms with Crippen molar-refractivity contribution in [2.75, 3.05) is 11.9 Å². The number of ketones is 1. The van der Waals surface area contributed by atoms with Gasteiger partial charge in [0.1, 0.15) is 11.5 Å². The molecule has 0 radical (unpaired) electrons. The minimum atomic E-state index is -0.214. The lowest BCUT2D eigenvalue weighted by Gasteiger charge is -2.19. The SMILES string of the molecule is Cc1occc1C(=O)c1cc2c(cc1Br)NC(=O)CO2. The Morgan fingerprint density at radius 2 is 2.15 bits per heavy atom. The van der Waals surface area contributed by atoms with Crippen LogP contribution in [0.4, 0.5) is 5.69 Å². The van der Waals surface area contributed by atoms with Crippen LogP contribution in [0.5, 0.6) is 5.75 Å². The van der Waals surface area contributed by atoms with Crippen molar-refractivity contribution < 1.29 is 18.7 Å². The van der Waals surface area contributed by atoms with Gasteiger partial charge in [0.15, 0.2) is 12.4 Å². The molecule has 1 aliphatic heterocycles. The Hall–Kier alpha value is -2.08. The molecule has 2 aromatic rings. The summed E-state index contributed by atoms with van der Waals surface area (Å²) in [6, 6.07) is 4.91. The summed E-state index contributed by atoms with van der Waals surface area (Å²) in [4.78, 5) is 23.7. The molecular weight excluding hydrogens is 326 g/mol. The predicted octanol–water partition coefficient (Wildman–Crippen LogP) is 2.91. The molecule has 1 aromatic carbocycles. The zero-order valence-electron chi connectivity index (χ0n) is 10.5. The highest BCUT2D eigenvalue weighted by Gasteiger charge is 2.22. The first-order valence-corrected chi connectivity index (χ1v) is 6.70. The molecule has 0 aliphatic carbocycles. The first kappa shape index (κ1) is 12.9. The number of carbonyl (C=O) groups is 2. The van der Waals surface area contributed by atoms with Crippen LogP contribution in [0.3, 0.4) is 0 Å². The molecule has 6 heteroatoms. The van der Waals surface area contributed by atoms with Crippen molar-refractivity contribution in [3.63, 3.8) is 0 Å². The van der Waals surface area contributed by atoms with E-state index in [9.17, 15) is 9.59 Å². The van der Waals surface area contributed by atoms with Crippen LogP contribution in [0.15, 0.2) is 33.4 Å². The van der Waals surface area contributed by atoms with Crippen LogP contribution < -0.4 is 10.1 Å². The van der Waals surface area contributed by atoms with Crippen LogP contribution >= 0.6 is 15.9 Å². The number of fused-ring (bicyclic) bond motifs is 1. The maximum Gasteiger partial charge on any atom is 0.262 e. The maximum absolute atomic E-state index is 12.5. The van der Waals surface area contributed by atoms with Crippen molar-refractivity contribution in [2.24, 2.45) is 0 Å². The third kappa shape index (κ3) is 2.12. The fourth-order valence-electron chi connectivity index (χ4n) is 2.04. The van der Waals surface area contributed by atoms with Gasteiger partial charge in [-0.25, -0.2) is 0 Å². The Bertz CT molecular complexity index is 720. The number of halogens is 1. The summed E-state index contributed by atoms with van der Waals surface area (Å²) in [6.07, 6.45) is 1.48. The molecule has 102 valence electrons. The number of hydrogen-bond donors (Lipinski definition) is 1. The molecule has 0 saturated heterocycles. The zero-order chi connectivity index (χ0) is 14.3. The Morgan fingerprint density at radius 3 is 2.85 bits per heavy atom. The molecule has 3 rings (SSSR count). The minimum absolute atomic E-state index is 0.0486. The second-order valence-electron chi connectivity index (χ2n) is 4.38. The van der Waals surface area contributed by atoms with E-state index in [0.29, 0.717) is 32.8 Å². The summed E-state index contributed by atoms with van der Waals surface area (Å²) < 4.78 is 11.1. The highest BCUT2D eigenvalue weighted by molar-refractivity contribution is 9.10. The van der Waals surface area contributed by atoms with E-state index < -0.39 is 0 Å². The van der Waals surface area contributed by atoms with Gasteiger partial charge in [0.2, 0.25) is 0 Å². The fourth-order valence-corrected chi connectivity index (χ4v) is 2.56. The van der Waals surface area contributed by atoms with E-state index in [1.807, 2.05) is 0 Å². The van der Waals surface area contributed by atoms with E-state index in [-0.39, 0.29) is 18.3 Å². The van der Waals surface area contributed by atoms with Gasteiger partial charge in [-0.15, -0.1) is 0 Å². The molecule has 5 nitrogen and oxygen atoms in total. The van der Waals surface area contributed by atoms with Crippen molar-refractivity contribution in [3.8, 4) is 5.75 Å². The van der Waals surface area contributed by atoms with Crippen molar-refractivity contribution in [1.82, 2.24) is 0 Å². The molecule has 0 atom stereocenters. The van der Waals surface area contributed by atoms with Gasteiger partial charge in [-0.1, -0.05) is 0 Å². The summed E-state index contributed by atoms with van der Waals surface area (Å²) >= 11 is 3.35. The van der Waals surface area contributed by atoms with E-state index >= 15 is 0 Å². The van der Waals surface area contributed by atoms with Crippen molar-refractivity contribution in [3.05, 3.63) is 45.8 Å². The number of benzene rings is 1. The number of carbonyl (C=O) groups excluding carboxylic acids is 2. The van der Waals surface area contributed by atoms with Crippen LogP contribution in [0, 0.1) is 6.92 Å². The average Bonchev–Trinajstić information content (AvgIpc) is 2.83. The molecule has 1 N–H and O–H groups in total. The predicted molar refractivity (Wildman–Crippen MR) is 75.1 cm³/mol. The number of anilines is 1. The van der Waals surface area contributed by atoms with Gasteiger partial charge in [0, 0.05) is 10.0 Å². The molecule has 2 heterocycles. The lowest BCUT2D eigenvalue weighted by atomic mass is 10.0. The highest BCUT2D eigenvalue weighted by Crippen LogP contribution is 2.35. The fraction of sp³-hybridized carbons (Fsp3) is 0.143. The third-order valence-corrected chi connectivity index (χ3v) is 3.71. The molecule has 1 amide bonds. The molecule has 0 saturated carbocycles. The quantitative estimate of drug-likeness (QED) is 0.857. The summed E-state index contributed by atoms with van der Waals surface area (Å²) in [6.45, 7) is 1.68. The molecule has 1 aliphatic rings. The summed E-state index contributed by atoms with van der Waals surface area (Å²) in [7, 11) is 0. The van der Waals surface area contributed by atoms with Gasteiger partial charge < -0.3 is 14.5 Å². The largest absolute Gasteiger partial charge is 0.482 e. The van der Waals surface area contributed by atoms with E-state index in [1.54, 1.807) is 25.1 Å². The van der Waals surface area contributed by atoms with Crippen LogP contribution in [0.25, 0.3) is 0 Å². The van der Waals surface area contributed by atoms with Gasteiger partial charge in [-0.3, -0.25) is 9.59 Å². The standard InChI is InChI=1S/C14H10BrNO4/c1-7-8(2-3-19-7)14(18)9-4-12-11(5-10(9)15)16-13(17)6-20-12/h2-5H,6H2,1H3,(H,16,17). The number of hydrogen-bond acceptors (Lipinski definition) is 4. The molecule has 0 unspecified atom stereocenters. The number of nitrogens with one attached hydrogen (secondary N) is 1. The number of amides is 1. The van der Waals surface area contributed by atoms with Gasteiger partial charge in [0.25, 0.3) is 5.91 Å². The Labute approximate surface area is 123 Å². The number of ether oxygens (including phenoxy) is 1. The van der Waals surface area contributed by atoms with E-state index in [0.717, 1.165) is 0 Å².